The van der Waals surface area contributed by atoms with Crippen molar-refractivity contribution in [3.63, 3.8) is 0 Å². The molecule has 106 valence electrons. The van der Waals surface area contributed by atoms with Gasteiger partial charge in [-0.3, -0.25) is 4.72 Å². The molecule has 0 aliphatic carbocycles. The molecule has 0 unspecified atom stereocenters. The van der Waals surface area contributed by atoms with Gasteiger partial charge < -0.3 is 14.5 Å². The van der Waals surface area contributed by atoms with Crippen LogP contribution in [0.25, 0.3) is 0 Å². The lowest BCUT2D eigenvalue weighted by Crippen LogP contribution is -2.17. The summed E-state index contributed by atoms with van der Waals surface area (Å²) < 4.78 is 37.5. The van der Waals surface area contributed by atoms with E-state index in [0.717, 1.165) is 0 Å². The van der Waals surface area contributed by atoms with Crippen LogP contribution in [0.2, 0.25) is 0 Å². The van der Waals surface area contributed by atoms with E-state index in [9.17, 15) is 8.42 Å². The Balaban J connectivity index is 1.87. The number of rotatable bonds is 3. The zero-order valence-corrected chi connectivity index (χ0v) is 11.5. The number of H-pyrrole nitrogens is 1. The average molecular weight is 295 g/mol. The van der Waals surface area contributed by atoms with Crippen LogP contribution in [0.4, 0.5) is 5.69 Å². The molecule has 1 aliphatic rings. The Kier molecular flexibility index (Phi) is 3.01. The van der Waals surface area contributed by atoms with Crippen molar-refractivity contribution in [2.75, 3.05) is 17.9 Å². The van der Waals surface area contributed by atoms with Crippen molar-refractivity contribution >= 4 is 15.7 Å². The van der Waals surface area contributed by atoms with Crippen LogP contribution in [0, 0.1) is 6.92 Å². The fraction of sp³-hybridized carbons (Fsp3) is 0.250. The highest BCUT2D eigenvalue weighted by Crippen LogP contribution is 2.33. The molecule has 1 aromatic carbocycles. The Hall–Kier alpha value is -2.22. The molecule has 0 radical (unpaired) electrons. The number of imidazole rings is 1. The number of hydrogen-bond acceptors (Lipinski definition) is 5. The zero-order valence-electron chi connectivity index (χ0n) is 10.7. The van der Waals surface area contributed by atoms with Gasteiger partial charge in [-0.25, -0.2) is 4.98 Å². The number of benzene rings is 1. The molecule has 7 nitrogen and oxygen atoms in total. The van der Waals surface area contributed by atoms with Crippen molar-refractivity contribution in [1.82, 2.24) is 9.97 Å². The van der Waals surface area contributed by atoms with Crippen LogP contribution in [0.1, 0.15) is 5.82 Å². The van der Waals surface area contributed by atoms with E-state index >= 15 is 0 Å². The fourth-order valence-corrected chi connectivity index (χ4v) is 2.87. The van der Waals surface area contributed by atoms with Crippen molar-refractivity contribution in [2.24, 2.45) is 0 Å². The van der Waals surface area contributed by atoms with E-state index in [2.05, 4.69) is 14.7 Å². The molecule has 0 fully saturated rings. The number of fused-ring (bicyclic) bond motifs is 1. The molecule has 8 heteroatoms. The minimum Gasteiger partial charge on any atom is -0.486 e. The molecule has 0 saturated heterocycles. The third-order valence-electron chi connectivity index (χ3n) is 2.76. The largest absolute Gasteiger partial charge is 0.486 e. The van der Waals surface area contributed by atoms with Crippen LogP contribution < -0.4 is 14.2 Å². The molecule has 0 saturated carbocycles. The van der Waals surface area contributed by atoms with Crippen LogP contribution in [0.5, 0.6) is 11.5 Å². The molecule has 0 spiro atoms. The van der Waals surface area contributed by atoms with Gasteiger partial charge in [-0.15, -0.1) is 0 Å². The summed E-state index contributed by atoms with van der Waals surface area (Å²) >= 11 is 0. The second-order valence-corrected chi connectivity index (χ2v) is 5.95. The number of ether oxygens (including phenoxy) is 2. The summed E-state index contributed by atoms with van der Waals surface area (Å²) in [6, 6.07) is 4.88. The van der Waals surface area contributed by atoms with E-state index in [1.54, 1.807) is 25.1 Å². The Morgan fingerprint density at radius 2 is 2.00 bits per heavy atom. The van der Waals surface area contributed by atoms with Crippen molar-refractivity contribution in [3.8, 4) is 11.5 Å². The van der Waals surface area contributed by atoms with Crippen LogP contribution in [-0.4, -0.2) is 31.6 Å². The lowest BCUT2D eigenvalue weighted by atomic mass is 10.3. The molecule has 3 rings (SSSR count). The van der Waals surface area contributed by atoms with E-state index in [-0.39, 0.29) is 5.03 Å². The van der Waals surface area contributed by atoms with E-state index < -0.39 is 10.0 Å². The molecule has 1 aromatic heterocycles. The third kappa shape index (κ3) is 2.42. The zero-order chi connectivity index (χ0) is 14.2. The second kappa shape index (κ2) is 4.71. The molecular weight excluding hydrogens is 282 g/mol. The van der Waals surface area contributed by atoms with E-state index in [1.165, 1.54) is 6.20 Å². The molecular formula is C12H13N3O4S. The average Bonchev–Trinajstić information content (AvgIpc) is 2.86. The Labute approximate surface area is 116 Å². The highest BCUT2D eigenvalue weighted by molar-refractivity contribution is 7.92. The number of aryl methyl sites for hydroxylation is 1. The number of aromatic nitrogens is 2. The van der Waals surface area contributed by atoms with Gasteiger partial charge in [0.25, 0.3) is 10.0 Å². The van der Waals surface area contributed by atoms with Crippen LogP contribution in [0.3, 0.4) is 0 Å². The van der Waals surface area contributed by atoms with Gasteiger partial charge in [-0.1, -0.05) is 0 Å². The van der Waals surface area contributed by atoms with Crippen LogP contribution in [-0.2, 0) is 10.0 Å². The van der Waals surface area contributed by atoms with Gasteiger partial charge in [-0.2, -0.15) is 8.42 Å². The monoisotopic (exact) mass is 295 g/mol. The quantitative estimate of drug-likeness (QED) is 0.890. The summed E-state index contributed by atoms with van der Waals surface area (Å²) in [5.41, 5.74) is 0.404. The SMILES string of the molecule is Cc1ncc(S(=O)(=O)Nc2ccc3c(c2)OCCO3)[nH]1. The maximum absolute atomic E-state index is 12.1. The minimum absolute atomic E-state index is 0.0184. The number of sulfonamides is 1. The summed E-state index contributed by atoms with van der Waals surface area (Å²) in [5, 5.41) is 0.0184. The van der Waals surface area contributed by atoms with E-state index in [1.807, 2.05) is 0 Å². The van der Waals surface area contributed by atoms with Gasteiger partial charge >= 0.3 is 0 Å². The number of nitrogens with one attached hydrogen (secondary N) is 2. The highest BCUT2D eigenvalue weighted by Gasteiger charge is 2.18. The highest BCUT2D eigenvalue weighted by atomic mass is 32.2. The lowest BCUT2D eigenvalue weighted by Gasteiger charge is -2.19. The van der Waals surface area contributed by atoms with Gasteiger partial charge in [0.05, 0.1) is 11.9 Å². The minimum atomic E-state index is -3.68. The summed E-state index contributed by atoms with van der Waals surface area (Å²) in [4.78, 5) is 6.56. The molecule has 2 aromatic rings. The van der Waals surface area contributed by atoms with Crippen LogP contribution in [0.15, 0.2) is 29.4 Å². The van der Waals surface area contributed by atoms with Gasteiger partial charge in [0.15, 0.2) is 16.5 Å². The molecule has 0 amide bonds. The van der Waals surface area contributed by atoms with Gasteiger partial charge in [0.1, 0.15) is 19.0 Å². The first-order valence-corrected chi connectivity index (χ1v) is 7.47. The molecule has 20 heavy (non-hydrogen) atoms. The molecule has 2 N–H and O–H groups in total. The summed E-state index contributed by atoms with van der Waals surface area (Å²) in [6.07, 6.45) is 1.27. The molecule has 0 atom stereocenters. The topological polar surface area (TPSA) is 93.3 Å². The summed E-state index contributed by atoms with van der Waals surface area (Å²) in [7, 11) is -3.68. The Morgan fingerprint density at radius 3 is 2.70 bits per heavy atom. The lowest BCUT2D eigenvalue weighted by molar-refractivity contribution is 0.171. The smallest absolute Gasteiger partial charge is 0.278 e. The third-order valence-corrected chi connectivity index (χ3v) is 4.05. The summed E-state index contributed by atoms with van der Waals surface area (Å²) in [5.74, 6) is 1.67. The fourth-order valence-electron chi connectivity index (χ4n) is 1.85. The predicted octanol–water partition coefficient (Wildman–Crippen LogP) is 1.29. The van der Waals surface area contributed by atoms with Gasteiger partial charge in [-0.05, 0) is 19.1 Å². The van der Waals surface area contributed by atoms with E-state index in [4.69, 9.17) is 9.47 Å². The second-order valence-electron chi connectivity index (χ2n) is 4.30. The van der Waals surface area contributed by atoms with Gasteiger partial charge in [0.2, 0.25) is 0 Å². The molecule has 2 heterocycles. The normalized spacial score (nSPS) is 14.1. The van der Waals surface area contributed by atoms with Crippen molar-refractivity contribution in [3.05, 3.63) is 30.2 Å². The Bertz CT molecular complexity index is 739. The van der Waals surface area contributed by atoms with Crippen molar-refractivity contribution in [1.29, 1.82) is 0 Å². The number of aromatic amines is 1. The number of nitrogens with zero attached hydrogens (tertiary/aromatic N) is 1. The number of hydrogen-bond donors (Lipinski definition) is 2. The standard InChI is InChI=1S/C12H13N3O4S/c1-8-13-7-12(14-8)20(16,17)15-9-2-3-10-11(6-9)19-5-4-18-10/h2-3,6-7,15H,4-5H2,1H3,(H,13,14). The van der Waals surface area contributed by atoms with Crippen LogP contribution >= 0.6 is 0 Å². The number of anilines is 1. The van der Waals surface area contributed by atoms with Crippen molar-refractivity contribution in [2.45, 2.75) is 11.9 Å². The van der Waals surface area contributed by atoms with Gasteiger partial charge in [0, 0.05) is 6.07 Å². The Morgan fingerprint density at radius 1 is 1.25 bits per heavy atom. The molecule has 0 bridgehead atoms. The summed E-state index contributed by atoms with van der Waals surface area (Å²) in [6.45, 7) is 2.62. The maximum Gasteiger partial charge on any atom is 0.278 e. The predicted molar refractivity (Wildman–Crippen MR) is 71.6 cm³/mol. The first-order valence-electron chi connectivity index (χ1n) is 5.99. The maximum atomic E-state index is 12.1. The first kappa shape index (κ1) is 12.8. The van der Waals surface area contributed by atoms with E-state index in [0.29, 0.717) is 36.2 Å². The molecule has 1 aliphatic heterocycles. The van der Waals surface area contributed by atoms with Crippen molar-refractivity contribution < 1.29 is 17.9 Å². The first-order chi connectivity index (χ1) is 9.54.